The molecule has 1 N–H and O–H groups in total. The first-order valence-corrected chi connectivity index (χ1v) is 4.63. The standard InChI is InChI=1S/C8H5IN2O2/c9-5-2-1-3-11-4-6(8(12)13)10-7(5)11/h1-4H,(H,12,13). The van der Waals surface area contributed by atoms with Crippen LogP contribution >= 0.6 is 22.6 Å². The number of pyridine rings is 1. The van der Waals surface area contributed by atoms with E-state index in [4.69, 9.17) is 5.11 Å². The Labute approximate surface area is 87.4 Å². The molecule has 0 saturated heterocycles. The molecular weight excluding hydrogens is 283 g/mol. The minimum absolute atomic E-state index is 0.0733. The van der Waals surface area contributed by atoms with Crippen LogP contribution < -0.4 is 0 Å². The van der Waals surface area contributed by atoms with Crippen LogP contribution in [0.5, 0.6) is 0 Å². The van der Waals surface area contributed by atoms with Crippen molar-refractivity contribution in [3.63, 3.8) is 0 Å². The fourth-order valence-electron chi connectivity index (χ4n) is 1.08. The number of fused-ring (bicyclic) bond motifs is 1. The molecule has 0 bridgehead atoms. The number of rotatable bonds is 1. The lowest BCUT2D eigenvalue weighted by Gasteiger charge is -1.92. The van der Waals surface area contributed by atoms with Crippen molar-refractivity contribution in [1.82, 2.24) is 9.38 Å². The topological polar surface area (TPSA) is 54.6 Å². The van der Waals surface area contributed by atoms with Gasteiger partial charge in [-0.2, -0.15) is 0 Å². The largest absolute Gasteiger partial charge is 0.476 e. The van der Waals surface area contributed by atoms with Gasteiger partial charge in [0.2, 0.25) is 0 Å². The van der Waals surface area contributed by atoms with Gasteiger partial charge >= 0.3 is 5.97 Å². The van der Waals surface area contributed by atoms with E-state index < -0.39 is 5.97 Å². The first-order chi connectivity index (χ1) is 6.18. The van der Waals surface area contributed by atoms with Gasteiger partial charge in [-0.25, -0.2) is 9.78 Å². The molecule has 13 heavy (non-hydrogen) atoms. The summed E-state index contributed by atoms with van der Waals surface area (Å²) in [6.45, 7) is 0. The molecule has 0 aliphatic carbocycles. The lowest BCUT2D eigenvalue weighted by atomic mass is 10.5. The third-order valence-corrected chi connectivity index (χ3v) is 2.50. The highest BCUT2D eigenvalue weighted by molar-refractivity contribution is 14.1. The highest BCUT2D eigenvalue weighted by Gasteiger charge is 2.09. The van der Waals surface area contributed by atoms with Gasteiger partial charge in [-0.1, -0.05) is 0 Å². The highest BCUT2D eigenvalue weighted by Crippen LogP contribution is 2.12. The van der Waals surface area contributed by atoms with E-state index >= 15 is 0 Å². The van der Waals surface area contributed by atoms with Crippen molar-refractivity contribution in [1.29, 1.82) is 0 Å². The number of aromatic nitrogens is 2. The summed E-state index contributed by atoms with van der Waals surface area (Å²) in [5.74, 6) is -1.00. The van der Waals surface area contributed by atoms with Crippen LogP contribution in [0.15, 0.2) is 24.5 Å². The highest BCUT2D eigenvalue weighted by atomic mass is 127. The van der Waals surface area contributed by atoms with Gasteiger partial charge in [0.15, 0.2) is 11.3 Å². The van der Waals surface area contributed by atoms with E-state index in [-0.39, 0.29) is 5.69 Å². The van der Waals surface area contributed by atoms with Crippen LogP contribution in [-0.2, 0) is 0 Å². The van der Waals surface area contributed by atoms with Gasteiger partial charge in [-0.15, -0.1) is 0 Å². The molecule has 4 nitrogen and oxygen atoms in total. The maximum Gasteiger partial charge on any atom is 0.356 e. The Bertz CT molecular complexity index is 478. The smallest absolute Gasteiger partial charge is 0.356 e. The molecule has 2 aromatic rings. The maximum atomic E-state index is 10.6. The Morgan fingerprint density at radius 2 is 2.38 bits per heavy atom. The Kier molecular flexibility index (Phi) is 1.95. The number of aromatic carboxylic acids is 1. The molecule has 5 heteroatoms. The van der Waals surface area contributed by atoms with Crippen LogP contribution in [0.1, 0.15) is 10.5 Å². The van der Waals surface area contributed by atoms with Crippen molar-refractivity contribution in [3.8, 4) is 0 Å². The molecule has 2 aromatic heterocycles. The van der Waals surface area contributed by atoms with Crippen molar-refractivity contribution in [2.75, 3.05) is 0 Å². The van der Waals surface area contributed by atoms with E-state index in [0.29, 0.717) is 5.65 Å². The summed E-state index contributed by atoms with van der Waals surface area (Å²) >= 11 is 2.12. The van der Waals surface area contributed by atoms with Crippen molar-refractivity contribution in [3.05, 3.63) is 33.8 Å². The normalized spacial score (nSPS) is 10.5. The molecule has 0 saturated carbocycles. The van der Waals surface area contributed by atoms with Gasteiger partial charge in [-0.3, -0.25) is 0 Å². The third kappa shape index (κ3) is 1.39. The summed E-state index contributed by atoms with van der Waals surface area (Å²) in [5.41, 5.74) is 0.754. The molecule has 0 radical (unpaired) electrons. The van der Waals surface area contributed by atoms with Gasteiger partial charge in [0.1, 0.15) is 0 Å². The van der Waals surface area contributed by atoms with Crippen LogP contribution in [0.4, 0.5) is 0 Å². The predicted octanol–water partition coefficient (Wildman–Crippen LogP) is 1.64. The second-order valence-corrected chi connectivity index (χ2v) is 3.68. The van der Waals surface area contributed by atoms with Crippen molar-refractivity contribution >= 4 is 34.2 Å². The van der Waals surface area contributed by atoms with Gasteiger partial charge < -0.3 is 9.51 Å². The number of imidazole rings is 1. The van der Waals surface area contributed by atoms with E-state index in [9.17, 15) is 4.79 Å². The molecular formula is C8H5IN2O2. The summed E-state index contributed by atoms with van der Waals surface area (Å²) in [4.78, 5) is 14.6. The zero-order valence-corrected chi connectivity index (χ0v) is 8.59. The van der Waals surface area contributed by atoms with E-state index in [2.05, 4.69) is 27.6 Å². The monoisotopic (exact) mass is 288 g/mol. The molecule has 0 fully saturated rings. The maximum absolute atomic E-state index is 10.6. The molecule has 0 amide bonds. The van der Waals surface area contributed by atoms with E-state index in [1.807, 2.05) is 12.1 Å². The van der Waals surface area contributed by atoms with Crippen molar-refractivity contribution in [2.24, 2.45) is 0 Å². The van der Waals surface area contributed by atoms with Crippen LogP contribution in [0.2, 0.25) is 0 Å². The average Bonchev–Trinajstić information content (AvgIpc) is 2.49. The first kappa shape index (κ1) is 8.49. The molecule has 0 aromatic carbocycles. The number of hydrogen-bond donors (Lipinski definition) is 1. The minimum atomic E-state index is -1.00. The fourth-order valence-corrected chi connectivity index (χ4v) is 1.69. The molecule has 0 spiro atoms. The summed E-state index contributed by atoms with van der Waals surface area (Å²) in [6, 6.07) is 3.73. The second kappa shape index (κ2) is 2.99. The number of carboxylic acids is 1. The van der Waals surface area contributed by atoms with Gasteiger partial charge in [0.05, 0.1) is 3.57 Å². The lowest BCUT2D eigenvalue weighted by molar-refractivity contribution is 0.0691. The number of carboxylic acid groups (broad SMARTS) is 1. The summed E-state index contributed by atoms with van der Waals surface area (Å²) in [7, 11) is 0. The number of nitrogens with zero attached hydrogens (tertiary/aromatic N) is 2. The summed E-state index contributed by atoms with van der Waals surface area (Å²) < 4.78 is 2.64. The van der Waals surface area contributed by atoms with E-state index in [0.717, 1.165) is 3.57 Å². The Morgan fingerprint density at radius 1 is 1.62 bits per heavy atom. The number of hydrogen-bond acceptors (Lipinski definition) is 2. The van der Waals surface area contributed by atoms with Gasteiger partial charge in [0.25, 0.3) is 0 Å². The zero-order chi connectivity index (χ0) is 9.42. The zero-order valence-electron chi connectivity index (χ0n) is 6.44. The van der Waals surface area contributed by atoms with Crippen LogP contribution in [0.3, 0.4) is 0 Å². The molecule has 0 atom stereocenters. The first-order valence-electron chi connectivity index (χ1n) is 3.55. The summed E-state index contributed by atoms with van der Waals surface area (Å²) in [5, 5.41) is 8.70. The molecule has 0 aliphatic heterocycles. The van der Waals surface area contributed by atoms with E-state index in [1.54, 1.807) is 10.6 Å². The molecule has 2 heterocycles. The second-order valence-electron chi connectivity index (χ2n) is 2.52. The Morgan fingerprint density at radius 3 is 3.00 bits per heavy atom. The van der Waals surface area contributed by atoms with Crippen LogP contribution in [0.25, 0.3) is 5.65 Å². The quantitative estimate of drug-likeness (QED) is 0.812. The average molecular weight is 288 g/mol. The molecule has 0 unspecified atom stereocenters. The SMILES string of the molecule is O=C(O)c1cn2cccc(I)c2n1. The fraction of sp³-hybridized carbons (Fsp3) is 0. The number of carbonyl (C=O) groups is 1. The molecule has 0 aliphatic rings. The predicted molar refractivity (Wildman–Crippen MR) is 54.9 cm³/mol. The lowest BCUT2D eigenvalue weighted by Crippen LogP contribution is -1.95. The van der Waals surface area contributed by atoms with Crippen LogP contribution in [-0.4, -0.2) is 20.5 Å². The van der Waals surface area contributed by atoms with Crippen molar-refractivity contribution < 1.29 is 9.90 Å². The Balaban J connectivity index is 2.75. The Hall–Kier alpha value is -1.11. The van der Waals surface area contributed by atoms with Crippen molar-refractivity contribution in [2.45, 2.75) is 0 Å². The number of halogens is 1. The third-order valence-electron chi connectivity index (χ3n) is 1.65. The van der Waals surface area contributed by atoms with Crippen LogP contribution in [0, 0.1) is 3.57 Å². The van der Waals surface area contributed by atoms with E-state index in [1.165, 1.54) is 6.20 Å². The van der Waals surface area contributed by atoms with Gasteiger partial charge in [0, 0.05) is 12.4 Å². The summed E-state index contributed by atoms with van der Waals surface area (Å²) in [6.07, 6.45) is 3.27. The molecule has 66 valence electrons. The molecule has 2 rings (SSSR count). The minimum Gasteiger partial charge on any atom is -0.476 e. The van der Waals surface area contributed by atoms with Gasteiger partial charge in [-0.05, 0) is 34.7 Å².